The van der Waals surface area contributed by atoms with Crippen LogP contribution in [0.2, 0.25) is 0 Å². The van der Waals surface area contributed by atoms with Crippen molar-refractivity contribution in [1.82, 2.24) is 4.31 Å². The highest BCUT2D eigenvalue weighted by Gasteiger charge is 2.33. The van der Waals surface area contributed by atoms with Crippen LogP contribution in [0.3, 0.4) is 0 Å². The lowest BCUT2D eigenvalue weighted by Crippen LogP contribution is -2.36. The Morgan fingerprint density at radius 2 is 2.20 bits per heavy atom. The average Bonchev–Trinajstić information content (AvgIpc) is 2.66. The molecule has 2 atom stereocenters. The summed E-state index contributed by atoms with van der Waals surface area (Å²) >= 11 is 5.61. The highest BCUT2D eigenvalue weighted by molar-refractivity contribution is 7.89. The minimum Gasteiger partial charge on any atom is -0.212 e. The first-order valence-electron chi connectivity index (χ1n) is 5.57. The molecule has 0 amide bonds. The van der Waals surface area contributed by atoms with E-state index in [-0.39, 0.29) is 5.88 Å². The fourth-order valence-corrected chi connectivity index (χ4v) is 3.93. The van der Waals surface area contributed by atoms with Gasteiger partial charge in [-0.1, -0.05) is 13.3 Å². The molecule has 0 N–H and O–H groups in total. The topological polar surface area (TPSA) is 37.4 Å². The van der Waals surface area contributed by atoms with Crippen molar-refractivity contribution in [2.24, 2.45) is 5.92 Å². The zero-order valence-corrected chi connectivity index (χ0v) is 11.0. The first-order valence-corrected chi connectivity index (χ1v) is 7.61. The Balaban J connectivity index is 2.60. The second-order valence-corrected chi connectivity index (χ2v) is 6.97. The summed E-state index contributed by atoms with van der Waals surface area (Å²) in [5.74, 6) is 0.726. The molecule has 0 spiro atoms. The Labute approximate surface area is 97.8 Å². The predicted octanol–water partition coefficient (Wildman–Crippen LogP) is 2.07. The molecule has 0 radical (unpaired) electrons. The van der Waals surface area contributed by atoms with Crippen molar-refractivity contribution in [3.63, 3.8) is 0 Å². The van der Waals surface area contributed by atoms with E-state index >= 15 is 0 Å². The van der Waals surface area contributed by atoms with E-state index in [1.165, 1.54) is 0 Å². The van der Waals surface area contributed by atoms with Gasteiger partial charge >= 0.3 is 0 Å². The zero-order chi connectivity index (χ0) is 11.5. The van der Waals surface area contributed by atoms with E-state index in [2.05, 4.69) is 6.92 Å². The van der Waals surface area contributed by atoms with Crippen molar-refractivity contribution in [3.05, 3.63) is 0 Å². The molecule has 0 aromatic rings. The molecular weight excluding hydrogens is 234 g/mol. The Bertz CT molecular complexity index is 292. The molecule has 1 fully saturated rings. The van der Waals surface area contributed by atoms with Crippen LogP contribution in [0, 0.1) is 5.92 Å². The van der Waals surface area contributed by atoms with Crippen molar-refractivity contribution < 1.29 is 8.42 Å². The van der Waals surface area contributed by atoms with Crippen LogP contribution in [0.1, 0.15) is 33.1 Å². The molecule has 0 aromatic heterocycles. The van der Waals surface area contributed by atoms with Crippen molar-refractivity contribution in [2.45, 2.75) is 38.4 Å². The average molecular weight is 254 g/mol. The molecule has 1 rings (SSSR count). The third-order valence-corrected chi connectivity index (χ3v) is 5.91. The van der Waals surface area contributed by atoms with Crippen LogP contribution in [0.4, 0.5) is 0 Å². The van der Waals surface area contributed by atoms with Crippen LogP contribution in [0.25, 0.3) is 0 Å². The van der Waals surface area contributed by atoms with Gasteiger partial charge in [-0.15, -0.1) is 11.6 Å². The summed E-state index contributed by atoms with van der Waals surface area (Å²) in [6.45, 7) is 5.18. The second-order valence-electron chi connectivity index (χ2n) is 4.31. The zero-order valence-electron chi connectivity index (χ0n) is 9.45. The van der Waals surface area contributed by atoms with Crippen LogP contribution < -0.4 is 0 Å². The third kappa shape index (κ3) is 3.08. The number of nitrogens with zero attached hydrogens (tertiary/aromatic N) is 1. The molecule has 15 heavy (non-hydrogen) atoms. The maximum absolute atomic E-state index is 12.0. The Kier molecular flexibility index (Phi) is 4.87. The van der Waals surface area contributed by atoms with Gasteiger partial charge in [0.15, 0.2) is 0 Å². The van der Waals surface area contributed by atoms with E-state index in [4.69, 9.17) is 11.6 Å². The first-order chi connectivity index (χ1) is 7.02. The standard InChI is InChI=1S/C10H20ClNO2S/c1-3-4-10-5-6-12(8-10)15(13,14)9(2)7-11/h9-10H,3-8H2,1-2H3. The third-order valence-electron chi connectivity index (χ3n) is 3.03. The highest BCUT2D eigenvalue weighted by Crippen LogP contribution is 2.25. The number of alkyl halides is 1. The van der Waals surface area contributed by atoms with Crippen LogP contribution in [0.15, 0.2) is 0 Å². The molecule has 0 bridgehead atoms. The van der Waals surface area contributed by atoms with Gasteiger partial charge in [0.25, 0.3) is 0 Å². The normalized spacial score (nSPS) is 25.7. The van der Waals surface area contributed by atoms with Crippen molar-refractivity contribution in [2.75, 3.05) is 19.0 Å². The van der Waals surface area contributed by atoms with E-state index in [1.807, 2.05) is 0 Å². The smallest absolute Gasteiger partial charge is 0.212 e. The maximum Gasteiger partial charge on any atom is 0.217 e. The minimum absolute atomic E-state index is 0.178. The molecule has 5 heteroatoms. The van der Waals surface area contributed by atoms with Gasteiger partial charge in [0.1, 0.15) is 0 Å². The SMILES string of the molecule is CCCC1CCN(S(=O)(=O)C(C)CCl)C1. The minimum atomic E-state index is -3.14. The van der Waals surface area contributed by atoms with Gasteiger partial charge in [-0.25, -0.2) is 12.7 Å². The van der Waals surface area contributed by atoms with Gasteiger partial charge in [0.2, 0.25) is 10.0 Å². The van der Waals surface area contributed by atoms with Crippen LogP contribution >= 0.6 is 11.6 Å². The summed E-state index contributed by atoms with van der Waals surface area (Å²) in [5, 5.41) is -0.459. The largest absolute Gasteiger partial charge is 0.217 e. The fourth-order valence-electron chi connectivity index (χ4n) is 2.01. The number of rotatable bonds is 5. The van der Waals surface area contributed by atoms with Gasteiger partial charge in [-0.05, 0) is 25.7 Å². The molecular formula is C10H20ClNO2S. The van der Waals surface area contributed by atoms with Gasteiger partial charge in [0, 0.05) is 19.0 Å². The Morgan fingerprint density at radius 1 is 1.53 bits per heavy atom. The molecule has 1 heterocycles. The first kappa shape index (κ1) is 13.3. The van der Waals surface area contributed by atoms with E-state index in [0.29, 0.717) is 19.0 Å². The van der Waals surface area contributed by atoms with E-state index < -0.39 is 15.3 Å². The molecule has 0 saturated carbocycles. The Hall–Kier alpha value is 0.200. The van der Waals surface area contributed by atoms with Crippen molar-refractivity contribution in [1.29, 1.82) is 0 Å². The summed E-state index contributed by atoms with van der Waals surface area (Å²) in [4.78, 5) is 0. The molecule has 2 unspecified atom stereocenters. The summed E-state index contributed by atoms with van der Waals surface area (Å²) in [5.41, 5.74) is 0. The van der Waals surface area contributed by atoms with E-state index in [1.54, 1.807) is 11.2 Å². The van der Waals surface area contributed by atoms with Crippen LogP contribution in [-0.4, -0.2) is 36.9 Å². The lowest BCUT2D eigenvalue weighted by atomic mass is 10.0. The molecule has 0 aliphatic carbocycles. The van der Waals surface area contributed by atoms with Gasteiger partial charge < -0.3 is 0 Å². The number of halogens is 1. The molecule has 1 aliphatic heterocycles. The monoisotopic (exact) mass is 253 g/mol. The van der Waals surface area contributed by atoms with Gasteiger partial charge in [-0.3, -0.25) is 0 Å². The summed E-state index contributed by atoms with van der Waals surface area (Å²) in [6.07, 6.45) is 3.26. The predicted molar refractivity (Wildman–Crippen MR) is 63.7 cm³/mol. The summed E-state index contributed by atoms with van der Waals surface area (Å²) < 4.78 is 25.5. The second kappa shape index (κ2) is 5.51. The lowest BCUT2D eigenvalue weighted by molar-refractivity contribution is 0.440. The number of hydrogen-bond acceptors (Lipinski definition) is 2. The highest BCUT2D eigenvalue weighted by atomic mass is 35.5. The summed E-state index contributed by atoms with van der Waals surface area (Å²) in [7, 11) is -3.14. The quantitative estimate of drug-likeness (QED) is 0.704. The molecule has 90 valence electrons. The lowest BCUT2D eigenvalue weighted by Gasteiger charge is -2.20. The summed E-state index contributed by atoms with van der Waals surface area (Å²) in [6, 6.07) is 0. The van der Waals surface area contributed by atoms with Crippen LogP contribution in [-0.2, 0) is 10.0 Å². The molecule has 3 nitrogen and oxygen atoms in total. The van der Waals surface area contributed by atoms with E-state index in [0.717, 1.165) is 19.3 Å². The van der Waals surface area contributed by atoms with Gasteiger partial charge in [-0.2, -0.15) is 0 Å². The molecule has 1 aliphatic rings. The van der Waals surface area contributed by atoms with Gasteiger partial charge in [0.05, 0.1) is 5.25 Å². The molecule has 1 saturated heterocycles. The number of hydrogen-bond donors (Lipinski definition) is 0. The molecule has 0 aromatic carbocycles. The van der Waals surface area contributed by atoms with Crippen molar-refractivity contribution in [3.8, 4) is 0 Å². The number of sulfonamides is 1. The fraction of sp³-hybridized carbons (Fsp3) is 1.00. The van der Waals surface area contributed by atoms with Crippen molar-refractivity contribution >= 4 is 21.6 Å². The maximum atomic E-state index is 12.0. The van der Waals surface area contributed by atoms with Crippen LogP contribution in [0.5, 0.6) is 0 Å². The van der Waals surface area contributed by atoms with E-state index in [9.17, 15) is 8.42 Å². The Morgan fingerprint density at radius 3 is 2.73 bits per heavy atom.